The van der Waals surface area contributed by atoms with E-state index in [-0.39, 0.29) is 5.91 Å². The zero-order valence-electron chi connectivity index (χ0n) is 15.0. The minimum atomic E-state index is -0.642. The van der Waals surface area contributed by atoms with Crippen LogP contribution in [0, 0.1) is 0 Å². The maximum atomic E-state index is 13.2. The largest absolute Gasteiger partial charge is 0.490 e. The second-order valence-electron chi connectivity index (χ2n) is 7.24. The lowest BCUT2D eigenvalue weighted by Crippen LogP contribution is -2.52. The highest BCUT2D eigenvalue weighted by atomic mass is 16.5. The smallest absolute Gasteiger partial charge is 0.252 e. The van der Waals surface area contributed by atoms with E-state index in [1.165, 1.54) is 12.8 Å². The fourth-order valence-corrected chi connectivity index (χ4v) is 4.02. The summed E-state index contributed by atoms with van der Waals surface area (Å²) < 4.78 is 7.87. The Morgan fingerprint density at radius 1 is 1.23 bits per heavy atom. The van der Waals surface area contributed by atoms with Gasteiger partial charge in [0.25, 0.3) is 5.91 Å². The summed E-state index contributed by atoms with van der Waals surface area (Å²) in [7, 11) is 0. The molecule has 2 heterocycles. The van der Waals surface area contributed by atoms with Gasteiger partial charge in [-0.05, 0) is 69.8 Å². The average Bonchev–Trinajstić information content (AvgIpc) is 3.37. The van der Waals surface area contributed by atoms with Crippen molar-refractivity contribution in [3.63, 3.8) is 0 Å². The van der Waals surface area contributed by atoms with Crippen molar-refractivity contribution in [3.8, 4) is 5.75 Å². The van der Waals surface area contributed by atoms with Crippen LogP contribution in [0.1, 0.15) is 38.5 Å². The van der Waals surface area contributed by atoms with E-state index in [9.17, 15) is 4.79 Å². The lowest BCUT2D eigenvalue weighted by Gasteiger charge is -2.36. The summed E-state index contributed by atoms with van der Waals surface area (Å²) in [5.74, 6) is 0.814. The summed E-state index contributed by atoms with van der Waals surface area (Å²) in [4.78, 5) is 13.2. The summed E-state index contributed by atoms with van der Waals surface area (Å²) in [5, 5.41) is 10.8. The topological polar surface area (TPSA) is 68.2 Å². The fourth-order valence-electron chi connectivity index (χ4n) is 4.02. The number of nitrogens with zero attached hydrogens (tertiary/aromatic N) is 2. The van der Waals surface area contributed by atoms with Crippen molar-refractivity contribution in [1.82, 2.24) is 15.1 Å². The molecular weight excluding hydrogens is 328 g/mol. The Balaban J connectivity index is 1.51. The van der Waals surface area contributed by atoms with E-state index in [4.69, 9.17) is 4.74 Å². The number of hydrogen-bond acceptors (Lipinski definition) is 4. The van der Waals surface area contributed by atoms with Crippen molar-refractivity contribution >= 4 is 11.6 Å². The number of ether oxygens (including phenoxy) is 1. The van der Waals surface area contributed by atoms with Crippen LogP contribution >= 0.6 is 0 Å². The molecule has 1 saturated heterocycles. The minimum absolute atomic E-state index is 0.0132. The van der Waals surface area contributed by atoms with Crippen LogP contribution in [0.15, 0.2) is 42.7 Å². The standard InChI is InChI=1S/C20H26N4O2/c25-19(20(9-12-21-13-10-20)24-14-4-11-22-24)23-16-5-3-8-18(15-16)26-17-6-1-2-7-17/h3-5,8,11,14-15,17,21H,1-2,6-7,9-10,12-13H2,(H,23,25). The van der Waals surface area contributed by atoms with Gasteiger partial charge < -0.3 is 15.4 Å². The third-order valence-electron chi connectivity index (χ3n) is 5.49. The average molecular weight is 354 g/mol. The Morgan fingerprint density at radius 3 is 2.77 bits per heavy atom. The molecule has 2 aliphatic rings. The molecule has 2 N–H and O–H groups in total. The molecule has 0 spiro atoms. The normalized spacial score (nSPS) is 20.0. The quantitative estimate of drug-likeness (QED) is 0.866. The molecule has 1 aliphatic carbocycles. The highest BCUT2D eigenvalue weighted by molar-refractivity contribution is 5.96. The van der Waals surface area contributed by atoms with Crippen LogP contribution < -0.4 is 15.4 Å². The van der Waals surface area contributed by atoms with Crippen molar-refractivity contribution in [2.24, 2.45) is 0 Å². The summed E-state index contributed by atoms with van der Waals surface area (Å²) in [6.07, 6.45) is 10.1. The maximum Gasteiger partial charge on any atom is 0.252 e. The molecule has 1 aromatic heterocycles. The minimum Gasteiger partial charge on any atom is -0.490 e. The van der Waals surface area contributed by atoms with Crippen molar-refractivity contribution in [1.29, 1.82) is 0 Å². The van der Waals surface area contributed by atoms with Crippen molar-refractivity contribution < 1.29 is 9.53 Å². The second kappa shape index (κ2) is 7.50. The highest BCUT2D eigenvalue weighted by Gasteiger charge is 2.42. The van der Waals surface area contributed by atoms with Crippen molar-refractivity contribution in [2.45, 2.75) is 50.2 Å². The van der Waals surface area contributed by atoms with E-state index >= 15 is 0 Å². The lowest BCUT2D eigenvalue weighted by molar-refractivity contribution is -0.126. The number of anilines is 1. The molecular formula is C20H26N4O2. The summed E-state index contributed by atoms with van der Waals surface area (Å²) in [6.45, 7) is 1.61. The molecule has 0 bridgehead atoms. The van der Waals surface area contributed by atoms with E-state index in [1.807, 2.05) is 41.2 Å². The first-order valence-corrected chi connectivity index (χ1v) is 9.55. The molecule has 138 valence electrons. The van der Waals surface area contributed by atoms with Crippen LogP contribution in [-0.2, 0) is 10.3 Å². The molecule has 6 heteroatoms. The number of benzene rings is 1. The lowest BCUT2D eigenvalue weighted by atomic mass is 9.87. The number of hydrogen-bond donors (Lipinski definition) is 2. The summed E-state index contributed by atoms with van der Waals surface area (Å²) >= 11 is 0. The van der Waals surface area contributed by atoms with Crippen LogP contribution in [0.4, 0.5) is 5.69 Å². The zero-order chi connectivity index (χ0) is 17.8. The number of carbonyl (C=O) groups is 1. The van der Waals surface area contributed by atoms with Crippen LogP contribution in [0.5, 0.6) is 5.75 Å². The van der Waals surface area contributed by atoms with Gasteiger partial charge in [-0.25, -0.2) is 0 Å². The van der Waals surface area contributed by atoms with Gasteiger partial charge in [-0.3, -0.25) is 9.48 Å². The molecule has 4 rings (SSSR count). The molecule has 1 saturated carbocycles. The van der Waals surface area contributed by atoms with Gasteiger partial charge in [0.05, 0.1) is 6.10 Å². The molecule has 6 nitrogen and oxygen atoms in total. The van der Waals surface area contributed by atoms with Crippen molar-refractivity contribution in [2.75, 3.05) is 18.4 Å². The Morgan fingerprint density at radius 2 is 2.04 bits per heavy atom. The van der Waals surface area contributed by atoms with E-state index in [2.05, 4.69) is 15.7 Å². The number of aromatic nitrogens is 2. The highest BCUT2D eigenvalue weighted by Crippen LogP contribution is 2.30. The van der Waals surface area contributed by atoms with Gasteiger partial charge in [0.1, 0.15) is 11.3 Å². The molecule has 1 aromatic carbocycles. The summed E-state index contributed by atoms with van der Waals surface area (Å²) in [6, 6.07) is 9.60. The van der Waals surface area contributed by atoms with Crippen molar-refractivity contribution in [3.05, 3.63) is 42.7 Å². The number of rotatable bonds is 5. The molecule has 2 fully saturated rings. The van der Waals surface area contributed by atoms with Gasteiger partial charge in [-0.1, -0.05) is 6.07 Å². The molecule has 2 aromatic rings. The van der Waals surface area contributed by atoms with Crippen LogP contribution in [-0.4, -0.2) is 34.9 Å². The first-order chi connectivity index (χ1) is 12.8. The van der Waals surface area contributed by atoms with Gasteiger partial charge in [-0.15, -0.1) is 0 Å². The third-order valence-corrected chi connectivity index (χ3v) is 5.49. The third kappa shape index (κ3) is 3.46. The van der Waals surface area contributed by atoms with E-state index < -0.39 is 5.54 Å². The van der Waals surface area contributed by atoms with E-state index in [0.717, 1.165) is 50.2 Å². The Bertz CT molecular complexity index is 732. The zero-order valence-corrected chi connectivity index (χ0v) is 15.0. The Hall–Kier alpha value is -2.34. The summed E-state index contributed by atoms with van der Waals surface area (Å²) in [5.41, 5.74) is 0.132. The van der Waals surface area contributed by atoms with Gasteiger partial charge in [-0.2, -0.15) is 5.10 Å². The second-order valence-corrected chi connectivity index (χ2v) is 7.24. The molecule has 1 aliphatic heterocycles. The molecule has 26 heavy (non-hydrogen) atoms. The number of piperidine rings is 1. The Kier molecular flexibility index (Phi) is 4.93. The molecule has 1 amide bonds. The van der Waals surface area contributed by atoms with E-state index in [0.29, 0.717) is 6.10 Å². The monoisotopic (exact) mass is 354 g/mol. The number of carbonyl (C=O) groups excluding carboxylic acids is 1. The predicted octanol–water partition coefficient (Wildman–Crippen LogP) is 2.92. The first-order valence-electron chi connectivity index (χ1n) is 9.55. The van der Waals surface area contributed by atoms with E-state index in [1.54, 1.807) is 6.20 Å². The Labute approximate surface area is 153 Å². The SMILES string of the molecule is O=C(Nc1cccc(OC2CCCC2)c1)C1(n2cccn2)CCNCC1. The van der Waals surface area contributed by atoms with Gasteiger partial charge in [0.15, 0.2) is 0 Å². The molecule has 0 unspecified atom stereocenters. The predicted molar refractivity (Wildman–Crippen MR) is 100 cm³/mol. The van der Waals surface area contributed by atoms with Gasteiger partial charge in [0, 0.05) is 24.1 Å². The number of amides is 1. The first kappa shape index (κ1) is 17.1. The molecule has 0 atom stereocenters. The van der Waals surface area contributed by atoms with Crippen LogP contribution in [0.25, 0.3) is 0 Å². The van der Waals surface area contributed by atoms with Crippen LogP contribution in [0.2, 0.25) is 0 Å². The van der Waals surface area contributed by atoms with Crippen LogP contribution in [0.3, 0.4) is 0 Å². The van der Waals surface area contributed by atoms with Gasteiger partial charge in [0.2, 0.25) is 0 Å². The maximum absolute atomic E-state index is 13.2. The fraction of sp³-hybridized carbons (Fsp3) is 0.500. The molecule has 0 radical (unpaired) electrons. The van der Waals surface area contributed by atoms with Gasteiger partial charge >= 0.3 is 0 Å². The number of nitrogens with one attached hydrogen (secondary N) is 2.